The Morgan fingerprint density at radius 1 is 1.36 bits per heavy atom. The summed E-state index contributed by atoms with van der Waals surface area (Å²) in [7, 11) is 0. The first kappa shape index (κ1) is 12.0. The molecule has 0 saturated heterocycles. The van der Waals surface area contributed by atoms with E-state index in [9.17, 15) is 10.1 Å². The van der Waals surface area contributed by atoms with Gasteiger partial charge >= 0.3 is 97.3 Å². The van der Waals surface area contributed by atoms with Gasteiger partial charge in [0, 0.05) is 0 Å². The SMILES string of the molecule is O=[N+]([O-])c1ccc(OP(Cl)(Cl)=[Se])cc1. The topological polar surface area (TPSA) is 52.4 Å². The summed E-state index contributed by atoms with van der Waals surface area (Å²) in [6, 6.07) is 5.52. The van der Waals surface area contributed by atoms with Crippen molar-refractivity contribution in [3.05, 3.63) is 34.4 Å². The van der Waals surface area contributed by atoms with Gasteiger partial charge in [0.15, 0.2) is 0 Å². The van der Waals surface area contributed by atoms with Gasteiger partial charge in [0.2, 0.25) is 0 Å². The summed E-state index contributed by atoms with van der Waals surface area (Å²) < 4.78 is 2.57. The van der Waals surface area contributed by atoms with Gasteiger partial charge in [-0.3, -0.25) is 0 Å². The van der Waals surface area contributed by atoms with Crippen LogP contribution in [-0.2, 0) is 0 Å². The molecule has 0 atom stereocenters. The van der Waals surface area contributed by atoms with Gasteiger partial charge in [0.1, 0.15) is 0 Å². The first-order chi connectivity index (χ1) is 6.38. The number of benzene rings is 1. The zero-order chi connectivity index (χ0) is 10.8. The monoisotopic (exact) mass is 319 g/mol. The zero-order valence-electron chi connectivity index (χ0n) is 6.59. The summed E-state index contributed by atoms with van der Waals surface area (Å²) in [5, 5.41) is 10.3. The van der Waals surface area contributed by atoms with E-state index in [-0.39, 0.29) is 5.69 Å². The molecule has 1 aromatic rings. The van der Waals surface area contributed by atoms with Crippen LogP contribution in [-0.4, -0.2) is 20.0 Å². The van der Waals surface area contributed by atoms with Crippen LogP contribution in [0.15, 0.2) is 24.3 Å². The van der Waals surface area contributed by atoms with Crippen molar-refractivity contribution in [1.29, 1.82) is 0 Å². The average Bonchev–Trinajstić information content (AvgIpc) is 2.02. The Kier molecular flexibility index (Phi) is 3.99. The third-order valence-electron chi connectivity index (χ3n) is 1.26. The third-order valence-corrected chi connectivity index (χ3v) is 2.57. The molecular formula is C6H4Cl2NO3PSe. The Bertz CT molecular complexity index is 391. The number of hydrogen-bond donors (Lipinski definition) is 0. The molecule has 0 aliphatic carbocycles. The number of nitrogens with zero attached hydrogens (tertiary/aromatic N) is 1. The van der Waals surface area contributed by atoms with Crippen molar-refractivity contribution < 1.29 is 9.45 Å². The Morgan fingerprint density at radius 2 is 1.86 bits per heavy atom. The Labute approximate surface area is 97.2 Å². The molecule has 1 aromatic carbocycles. The van der Waals surface area contributed by atoms with E-state index in [1.54, 1.807) is 0 Å². The van der Waals surface area contributed by atoms with Gasteiger partial charge in [-0.25, -0.2) is 0 Å². The molecule has 0 heterocycles. The average molecular weight is 319 g/mol. The third kappa shape index (κ3) is 3.99. The number of rotatable bonds is 3. The first-order valence-corrected chi connectivity index (χ1v) is 9.05. The van der Waals surface area contributed by atoms with Crippen LogP contribution in [0.3, 0.4) is 0 Å². The predicted molar refractivity (Wildman–Crippen MR) is 58.1 cm³/mol. The van der Waals surface area contributed by atoms with Gasteiger partial charge in [0.05, 0.1) is 0 Å². The maximum atomic E-state index is 10.3. The molecule has 8 heteroatoms. The summed E-state index contributed by atoms with van der Waals surface area (Å²) >= 11 is 13.8. The molecule has 0 bridgehead atoms. The summed E-state index contributed by atoms with van der Waals surface area (Å²) in [5.41, 5.74) is -0.00879. The number of nitro benzene ring substituents is 1. The molecule has 0 fully saturated rings. The molecule has 1 rings (SSSR count). The first-order valence-electron chi connectivity index (χ1n) is 3.32. The number of halogens is 2. The second-order valence-electron chi connectivity index (χ2n) is 2.26. The number of nitro groups is 1. The molecule has 0 radical (unpaired) electrons. The molecule has 0 aromatic heterocycles. The Morgan fingerprint density at radius 3 is 2.21 bits per heavy atom. The quantitative estimate of drug-likeness (QED) is 0.372. The van der Waals surface area contributed by atoms with Gasteiger partial charge in [-0.1, -0.05) is 0 Å². The minimum absolute atomic E-state index is 0.00879. The van der Waals surface area contributed by atoms with Crippen molar-refractivity contribution in [2.45, 2.75) is 0 Å². The summed E-state index contributed by atoms with van der Waals surface area (Å²) in [4.78, 5) is 9.82. The van der Waals surface area contributed by atoms with Crippen LogP contribution in [0.5, 0.6) is 5.75 Å². The van der Waals surface area contributed by atoms with E-state index in [2.05, 4.69) is 15.1 Å². The van der Waals surface area contributed by atoms with Crippen molar-refractivity contribution in [1.82, 2.24) is 0 Å². The van der Waals surface area contributed by atoms with E-state index >= 15 is 0 Å². The van der Waals surface area contributed by atoms with Crippen LogP contribution in [0.25, 0.3) is 0 Å². The number of hydrogen-bond acceptors (Lipinski definition) is 3. The van der Waals surface area contributed by atoms with Crippen molar-refractivity contribution in [2.75, 3.05) is 0 Å². The van der Waals surface area contributed by atoms with E-state index in [0.717, 1.165) is 0 Å². The van der Waals surface area contributed by atoms with Gasteiger partial charge in [0.25, 0.3) is 0 Å². The van der Waals surface area contributed by atoms with Crippen LogP contribution in [0.2, 0.25) is 0 Å². The van der Waals surface area contributed by atoms with E-state index in [4.69, 9.17) is 27.0 Å². The van der Waals surface area contributed by atoms with Gasteiger partial charge in [-0.15, -0.1) is 0 Å². The minimum atomic E-state index is -2.53. The van der Waals surface area contributed by atoms with Crippen molar-refractivity contribution >= 4 is 47.7 Å². The summed E-state index contributed by atoms with van der Waals surface area (Å²) in [6.45, 7) is 0. The summed E-state index contributed by atoms with van der Waals surface area (Å²) in [6.07, 6.45) is 0. The zero-order valence-corrected chi connectivity index (χ0v) is 10.7. The van der Waals surface area contributed by atoms with Crippen molar-refractivity contribution in [2.24, 2.45) is 0 Å². The van der Waals surface area contributed by atoms with Crippen molar-refractivity contribution in [3.63, 3.8) is 0 Å². The second-order valence-corrected chi connectivity index (χ2v) is 12.6. The Balaban J connectivity index is 2.84. The van der Waals surface area contributed by atoms with Gasteiger partial charge in [-0.2, -0.15) is 0 Å². The molecule has 0 saturated carbocycles. The normalized spacial score (nSPS) is 11.0. The molecular weight excluding hydrogens is 315 g/mol. The molecule has 0 spiro atoms. The fourth-order valence-electron chi connectivity index (χ4n) is 0.751. The van der Waals surface area contributed by atoms with Gasteiger partial charge < -0.3 is 0 Å². The molecule has 0 unspecified atom stereocenters. The van der Waals surface area contributed by atoms with Crippen LogP contribution in [0.1, 0.15) is 0 Å². The Hall–Kier alpha value is -0.0505. The van der Waals surface area contributed by atoms with E-state index < -0.39 is 9.36 Å². The van der Waals surface area contributed by atoms with Crippen LogP contribution < -0.4 is 4.52 Å². The van der Waals surface area contributed by atoms with E-state index in [1.165, 1.54) is 24.3 Å². The fraction of sp³-hybridized carbons (Fsp3) is 0. The summed E-state index contributed by atoms with van der Waals surface area (Å²) in [5.74, 6) is 0.396. The molecule has 14 heavy (non-hydrogen) atoms. The second kappa shape index (κ2) is 4.65. The van der Waals surface area contributed by atoms with E-state index in [0.29, 0.717) is 5.75 Å². The van der Waals surface area contributed by atoms with Crippen LogP contribution >= 0.6 is 26.9 Å². The number of non-ortho nitro benzene ring substituents is 1. The van der Waals surface area contributed by atoms with Crippen LogP contribution in [0.4, 0.5) is 5.69 Å². The molecule has 0 aliphatic heterocycles. The van der Waals surface area contributed by atoms with Gasteiger partial charge in [-0.05, 0) is 0 Å². The molecule has 4 nitrogen and oxygen atoms in total. The standard InChI is InChI=1S/C6H4Cl2NO3PSe/c7-13(8,14)12-6-3-1-5(2-4-6)9(10)11/h1-4H. The van der Waals surface area contributed by atoms with E-state index in [1.807, 2.05) is 0 Å². The van der Waals surface area contributed by atoms with Crippen molar-refractivity contribution in [3.8, 4) is 5.75 Å². The fourth-order valence-corrected chi connectivity index (χ4v) is 2.14. The maximum absolute atomic E-state index is 10.3. The van der Waals surface area contributed by atoms with Crippen LogP contribution in [0, 0.1) is 10.1 Å². The molecule has 76 valence electrons. The predicted octanol–water partition coefficient (Wildman–Crippen LogP) is 3.30. The molecule has 0 aliphatic rings. The molecule has 0 N–H and O–H groups in total. The molecule has 0 amide bonds.